The van der Waals surface area contributed by atoms with E-state index in [4.69, 9.17) is 10.3 Å². The van der Waals surface area contributed by atoms with Crippen molar-refractivity contribution in [3.63, 3.8) is 0 Å². The highest BCUT2D eigenvalue weighted by Crippen LogP contribution is 2.17. The Kier molecular flexibility index (Phi) is 3.83. The molecule has 0 radical (unpaired) electrons. The summed E-state index contributed by atoms with van der Waals surface area (Å²) in [7, 11) is 0. The smallest absolute Gasteiger partial charge is 0.235 e. The zero-order chi connectivity index (χ0) is 13.0. The van der Waals surface area contributed by atoms with Gasteiger partial charge in [0.05, 0.1) is 5.75 Å². The number of aromatic nitrogens is 2. The fourth-order valence-corrected chi connectivity index (χ4v) is 1.89. The number of hydrogen-bond donors (Lipinski definition) is 2. The minimum absolute atomic E-state index is 0.148. The molecule has 0 aliphatic heterocycles. The Labute approximate surface area is 108 Å². The molecule has 0 unspecified atom stereocenters. The van der Waals surface area contributed by atoms with E-state index in [1.54, 1.807) is 25.3 Å². The number of nitrogens with one attached hydrogen (secondary N) is 1. The van der Waals surface area contributed by atoms with Gasteiger partial charge in [0.1, 0.15) is 11.6 Å². The molecule has 0 atom stereocenters. The standard InChI is InChI=1S/C11H12N4O2S/c1-7-4-10(15-17-7)14-11(16)6-18-8-2-3-9(12)13-5-8/h2-5H,6H2,1H3,(H2,12,13)(H,14,15,16). The van der Waals surface area contributed by atoms with Crippen LogP contribution in [0, 0.1) is 6.92 Å². The molecular weight excluding hydrogens is 252 g/mol. The van der Waals surface area contributed by atoms with Crippen LogP contribution in [-0.4, -0.2) is 21.8 Å². The number of amides is 1. The maximum absolute atomic E-state index is 11.6. The lowest BCUT2D eigenvalue weighted by Gasteiger charge is -2.01. The second kappa shape index (κ2) is 5.54. The van der Waals surface area contributed by atoms with Crippen molar-refractivity contribution in [3.8, 4) is 0 Å². The molecule has 7 heteroatoms. The summed E-state index contributed by atoms with van der Waals surface area (Å²) >= 11 is 1.37. The summed E-state index contributed by atoms with van der Waals surface area (Å²) in [5, 5.41) is 6.31. The van der Waals surface area contributed by atoms with E-state index in [9.17, 15) is 4.79 Å². The van der Waals surface area contributed by atoms with Crippen LogP contribution in [0.1, 0.15) is 5.76 Å². The Bertz CT molecular complexity index is 538. The number of nitrogen functional groups attached to an aromatic ring is 1. The highest BCUT2D eigenvalue weighted by molar-refractivity contribution is 8.00. The summed E-state index contributed by atoms with van der Waals surface area (Å²) in [5.41, 5.74) is 5.47. The number of anilines is 2. The lowest BCUT2D eigenvalue weighted by atomic mass is 10.5. The second-order valence-corrected chi connectivity index (χ2v) is 4.63. The molecule has 2 aromatic heterocycles. The first-order valence-corrected chi connectivity index (χ1v) is 6.19. The topological polar surface area (TPSA) is 94.0 Å². The van der Waals surface area contributed by atoms with Crippen LogP contribution < -0.4 is 11.1 Å². The maximum Gasteiger partial charge on any atom is 0.235 e. The predicted molar refractivity (Wildman–Crippen MR) is 69.2 cm³/mol. The highest BCUT2D eigenvalue weighted by atomic mass is 32.2. The van der Waals surface area contributed by atoms with Crippen LogP contribution in [0.3, 0.4) is 0 Å². The third-order valence-corrected chi connectivity index (χ3v) is 3.01. The van der Waals surface area contributed by atoms with Gasteiger partial charge in [0.25, 0.3) is 0 Å². The third-order valence-electron chi connectivity index (χ3n) is 2.02. The second-order valence-electron chi connectivity index (χ2n) is 3.58. The largest absolute Gasteiger partial charge is 0.384 e. The summed E-state index contributed by atoms with van der Waals surface area (Å²) in [6.45, 7) is 1.76. The first-order chi connectivity index (χ1) is 8.63. The van der Waals surface area contributed by atoms with Crippen LogP contribution in [0.4, 0.5) is 11.6 Å². The summed E-state index contributed by atoms with van der Waals surface area (Å²) in [5.74, 6) is 1.67. The molecule has 6 nitrogen and oxygen atoms in total. The molecule has 0 fully saturated rings. The van der Waals surface area contributed by atoms with Crippen molar-refractivity contribution in [2.45, 2.75) is 11.8 Å². The molecule has 2 aromatic rings. The average molecular weight is 264 g/mol. The number of thioether (sulfide) groups is 1. The monoisotopic (exact) mass is 264 g/mol. The van der Waals surface area contributed by atoms with Gasteiger partial charge in [0, 0.05) is 17.2 Å². The molecule has 2 heterocycles. The van der Waals surface area contributed by atoms with E-state index in [0.717, 1.165) is 4.90 Å². The molecule has 0 aromatic carbocycles. The average Bonchev–Trinajstić information content (AvgIpc) is 2.74. The Morgan fingerprint density at radius 1 is 1.56 bits per heavy atom. The fourth-order valence-electron chi connectivity index (χ4n) is 1.23. The van der Waals surface area contributed by atoms with Gasteiger partial charge in [-0.3, -0.25) is 4.79 Å². The lowest BCUT2D eigenvalue weighted by Crippen LogP contribution is -2.14. The van der Waals surface area contributed by atoms with Gasteiger partial charge in [-0.2, -0.15) is 0 Å². The molecule has 3 N–H and O–H groups in total. The molecule has 0 saturated carbocycles. The van der Waals surface area contributed by atoms with Gasteiger partial charge in [-0.1, -0.05) is 5.16 Å². The quantitative estimate of drug-likeness (QED) is 0.816. The predicted octanol–water partition coefficient (Wildman–Crippen LogP) is 1.69. The van der Waals surface area contributed by atoms with Crippen molar-refractivity contribution in [1.29, 1.82) is 0 Å². The number of nitrogens with zero attached hydrogens (tertiary/aromatic N) is 2. The van der Waals surface area contributed by atoms with Gasteiger partial charge in [0.15, 0.2) is 5.82 Å². The molecular formula is C11H12N4O2S. The van der Waals surface area contributed by atoms with Gasteiger partial charge < -0.3 is 15.6 Å². The number of carbonyl (C=O) groups excluding carboxylic acids is 1. The zero-order valence-corrected chi connectivity index (χ0v) is 10.5. The van der Waals surface area contributed by atoms with Crippen molar-refractivity contribution in [1.82, 2.24) is 10.1 Å². The maximum atomic E-state index is 11.6. The number of aryl methyl sites for hydroxylation is 1. The molecule has 94 valence electrons. The number of pyridine rings is 1. The van der Waals surface area contributed by atoms with Gasteiger partial charge in [0.2, 0.25) is 5.91 Å². The van der Waals surface area contributed by atoms with Gasteiger partial charge >= 0.3 is 0 Å². The van der Waals surface area contributed by atoms with Crippen LogP contribution in [0.25, 0.3) is 0 Å². The van der Waals surface area contributed by atoms with Gasteiger partial charge in [-0.15, -0.1) is 11.8 Å². The molecule has 1 amide bonds. The molecule has 2 rings (SSSR count). The van der Waals surface area contributed by atoms with Crippen molar-refractivity contribution in [3.05, 3.63) is 30.2 Å². The van der Waals surface area contributed by atoms with Gasteiger partial charge in [-0.25, -0.2) is 4.98 Å². The molecule has 18 heavy (non-hydrogen) atoms. The van der Waals surface area contributed by atoms with Crippen molar-refractivity contribution >= 4 is 29.3 Å². The molecule has 0 saturated heterocycles. The van der Waals surface area contributed by atoms with Crippen LogP contribution in [0.2, 0.25) is 0 Å². The van der Waals surface area contributed by atoms with E-state index < -0.39 is 0 Å². The Hall–Kier alpha value is -2.02. The summed E-state index contributed by atoms with van der Waals surface area (Å²) in [4.78, 5) is 16.4. The highest BCUT2D eigenvalue weighted by Gasteiger charge is 2.06. The minimum atomic E-state index is -0.148. The van der Waals surface area contributed by atoms with E-state index >= 15 is 0 Å². The fraction of sp³-hybridized carbons (Fsp3) is 0.182. The molecule has 0 aliphatic carbocycles. The van der Waals surface area contributed by atoms with Crippen molar-refractivity contribution < 1.29 is 9.32 Å². The SMILES string of the molecule is Cc1cc(NC(=O)CSc2ccc(N)nc2)no1. The third kappa shape index (κ3) is 3.49. The molecule has 0 bridgehead atoms. The van der Waals surface area contributed by atoms with Crippen molar-refractivity contribution in [2.75, 3.05) is 16.8 Å². The zero-order valence-electron chi connectivity index (χ0n) is 9.71. The van der Waals surface area contributed by atoms with Crippen LogP contribution in [0.15, 0.2) is 33.8 Å². The summed E-state index contributed by atoms with van der Waals surface area (Å²) < 4.78 is 4.85. The molecule has 0 spiro atoms. The van der Waals surface area contributed by atoms with Crippen LogP contribution >= 0.6 is 11.8 Å². The van der Waals surface area contributed by atoms with E-state index in [2.05, 4.69) is 15.5 Å². The Morgan fingerprint density at radius 2 is 2.39 bits per heavy atom. The Morgan fingerprint density at radius 3 is 3.00 bits per heavy atom. The van der Waals surface area contributed by atoms with E-state index in [0.29, 0.717) is 17.4 Å². The number of rotatable bonds is 4. The number of nitrogens with two attached hydrogens (primary N) is 1. The van der Waals surface area contributed by atoms with Crippen molar-refractivity contribution in [2.24, 2.45) is 0 Å². The first-order valence-electron chi connectivity index (χ1n) is 5.21. The van der Waals surface area contributed by atoms with Crippen LogP contribution in [-0.2, 0) is 4.79 Å². The lowest BCUT2D eigenvalue weighted by molar-refractivity contribution is -0.113. The first kappa shape index (κ1) is 12.4. The Balaban J connectivity index is 1.83. The normalized spacial score (nSPS) is 10.3. The summed E-state index contributed by atoms with van der Waals surface area (Å²) in [6.07, 6.45) is 1.63. The van der Waals surface area contributed by atoms with Crippen LogP contribution in [0.5, 0.6) is 0 Å². The number of hydrogen-bond acceptors (Lipinski definition) is 6. The number of carbonyl (C=O) groups is 1. The summed E-state index contributed by atoms with van der Waals surface area (Å²) in [6, 6.07) is 5.18. The van der Waals surface area contributed by atoms with Gasteiger partial charge in [-0.05, 0) is 19.1 Å². The molecule has 0 aliphatic rings. The van der Waals surface area contributed by atoms with E-state index in [1.807, 2.05) is 6.07 Å². The van der Waals surface area contributed by atoms with E-state index in [1.165, 1.54) is 11.8 Å². The minimum Gasteiger partial charge on any atom is -0.384 e. The van der Waals surface area contributed by atoms with E-state index in [-0.39, 0.29) is 11.7 Å².